The highest BCUT2D eigenvalue weighted by molar-refractivity contribution is 5.84. The molecule has 21 heavy (non-hydrogen) atoms. The number of piperidine rings is 1. The number of benzene rings is 1. The van der Waals surface area contributed by atoms with E-state index in [0.29, 0.717) is 18.9 Å². The number of carbonyl (C=O) groups excluding carboxylic acids is 1. The quantitative estimate of drug-likeness (QED) is 0.875. The van der Waals surface area contributed by atoms with Crippen LogP contribution in [-0.2, 0) is 4.74 Å². The van der Waals surface area contributed by atoms with Crippen LogP contribution in [0.3, 0.4) is 0 Å². The molecular weight excluding hydrogens is 268 g/mol. The number of likely N-dealkylation sites (tertiary alicyclic amines) is 1. The molecule has 0 spiro atoms. The lowest BCUT2D eigenvalue weighted by Crippen LogP contribution is -2.33. The van der Waals surface area contributed by atoms with Crippen LogP contribution in [0.5, 0.6) is 5.75 Å². The lowest BCUT2D eigenvalue weighted by molar-refractivity contribution is 0.131. The van der Waals surface area contributed by atoms with E-state index in [2.05, 4.69) is 10.2 Å². The molecule has 1 N–H and O–H groups in total. The van der Waals surface area contributed by atoms with Crippen molar-refractivity contribution in [1.29, 1.82) is 0 Å². The van der Waals surface area contributed by atoms with E-state index in [-0.39, 0.29) is 0 Å². The topological polar surface area (TPSA) is 50.8 Å². The van der Waals surface area contributed by atoms with Gasteiger partial charge < -0.3 is 9.47 Å². The molecule has 1 amide bonds. The van der Waals surface area contributed by atoms with Crippen LogP contribution in [0.15, 0.2) is 24.3 Å². The second-order valence-corrected chi connectivity index (χ2v) is 5.12. The summed E-state index contributed by atoms with van der Waals surface area (Å²) in [7, 11) is 0. The Labute approximate surface area is 126 Å². The molecule has 0 bridgehead atoms. The summed E-state index contributed by atoms with van der Waals surface area (Å²) in [5, 5.41) is 2.71. The lowest BCUT2D eigenvalue weighted by Gasteiger charge is -2.25. The molecule has 0 aliphatic carbocycles. The number of hydrogen-bond acceptors (Lipinski definition) is 4. The Morgan fingerprint density at radius 2 is 1.90 bits per heavy atom. The van der Waals surface area contributed by atoms with Crippen LogP contribution in [0.25, 0.3) is 0 Å². The fourth-order valence-corrected chi connectivity index (χ4v) is 2.41. The molecular formula is C16H24N2O3. The summed E-state index contributed by atoms with van der Waals surface area (Å²) >= 11 is 0. The maximum atomic E-state index is 11.7. The van der Waals surface area contributed by atoms with Crippen molar-refractivity contribution in [3.8, 4) is 5.75 Å². The highest BCUT2D eigenvalue weighted by atomic mass is 16.5. The van der Waals surface area contributed by atoms with E-state index in [1.807, 2.05) is 19.1 Å². The van der Waals surface area contributed by atoms with E-state index in [9.17, 15) is 4.79 Å². The molecule has 0 saturated carbocycles. The predicted molar refractivity (Wildman–Crippen MR) is 82.9 cm³/mol. The van der Waals surface area contributed by atoms with E-state index >= 15 is 0 Å². The van der Waals surface area contributed by atoms with E-state index < -0.39 is 6.09 Å². The Hall–Kier alpha value is -1.75. The predicted octanol–water partition coefficient (Wildman–Crippen LogP) is 3.12. The van der Waals surface area contributed by atoms with Gasteiger partial charge in [-0.25, -0.2) is 4.79 Å². The number of anilines is 1. The molecule has 1 heterocycles. The number of nitrogens with one attached hydrogen (secondary N) is 1. The Kier molecular flexibility index (Phi) is 6.34. The van der Waals surface area contributed by atoms with E-state index in [1.54, 1.807) is 12.1 Å². The summed E-state index contributed by atoms with van der Waals surface area (Å²) in [5.74, 6) is 0.793. The van der Waals surface area contributed by atoms with Crippen LogP contribution in [-0.4, -0.2) is 43.8 Å². The first kappa shape index (κ1) is 15.6. The maximum Gasteiger partial charge on any atom is 0.411 e. The Bertz CT molecular complexity index is 428. The smallest absolute Gasteiger partial charge is 0.411 e. The molecule has 2 rings (SSSR count). The van der Waals surface area contributed by atoms with Gasteiger partial charge in [-0.05, 0) is 57.1 Å². The van der Waals surface area contributed by atoms with Crippen molar-refractivity contribution >= 4 is 11.8 Å². The minimum absolute atomic E-state index is 0.406. The largest absolute Gasteiger partial charge is 0.494 e. The van der Waals surface area contributed by atoms with Gasteiger partial charge in [0, 0.05) is 12.2 Å². The van der Waals surface area contributed by atoms with Gasteiger partial charge in [0.15, 0.2) is 0 Å². The van der Waals surface area contributed by atoms with Gasteiger partial charge in [-0.3, -0.25) is 10.2 Å². The molecule has 5 nitrogen and oxygen atoms in total. The van der Waals surface area contributed by atoms with Gasteiger partial charge >= 0.3 is 6.09 Å². The van der Waals surface area contributed by atoms with Gasteiger partial charge in [0.1, 0.15) is 12.4 Å². The molecule has 0 atom stereocenters. The first-order chi connectivity index (χ1) is 10.3. The highest BCUT2D eigenvalue weighted by Crippen LogP contribution is 2.15. The molecule has 5 heteroatoms. The molecule has 0 aromatic heterocycles. The molecule has 1 aromatic rings. The summed E-state index contributed by atoms with van der Waals surface area (Å²) in [6.45, 7) is 6.05. The van der Waals surface area contributed by atoms with Crippen LogP contribution in [0, 0.1) is 0 Å². The van der Waals surface area contributed by atoms with Crippen LogP contribution in [0.4, 0.5) is 10.5 Å². The summed E-state index contributed by atoms with van der Waals surface area (Å²) in [6.07, 6.45) is 3.41. The Morgan fingerprint density at radius 3 is 2.57 bits per heavy atom. The molecule has 0 radical (unpaired) electrons. The summed E-state index contributed by atoms with van der Waals surface area (Å²) in [4.78, 5) is 14.0. The number of amides is 1. The van der Waals surface area contributed by atoms with Crippen LogP contribution < -0.4 is 10.1 Å². The second kappa shape index (κ2) is 8.52. The fourth-order valence-electron chi connectivity index (χ4n) is 2.41. The van der Waals surface area contributed by atoms with E-state index in [4.69, 9.17) is 9.47 Å². The van der Waals surface area contributed by atoms with Gasteiger partial charge in [-0.15, -0.1) is 0 Å². The SMILES string of the molecule is CCOc1ccc(NC(=O)OCCN2CCCCC2)cc1. The number of ether oxygens (including phenoxy) is 2. The van der Waals surface area contributed by atoms with Gasteiger partial charge in [0.2, 0.25) is 0 Å². The van der Waals surface area contributed by atoms with Crippen molar-refractivity contribution in [2.45, 2.75) is 26.2 Å². The van der Waals surface area contributed by atoms with E-state index in [1.165, 1.54) is 19.3 Å². The normalized spacial score (nSPS) is 15.5. The fraction of sp³-hybridized carbons (Fsp3) is 0.562. The Balaban J connectivity index is 1.66. The monoisotopic (exact) mass is 292 g/mol. The van der Waals surface area contributed by atoms with Crippen LogP contribution >= 0.6 is 0 Å². The second-order valence-electron chi connectivity index (χ2n) is 5.12. The molecule has 1 aliphatic rings. The molecule has 1 aliphatic heterocycles. The number of hydrogen-bond donors (Lipinski definition) is 1. The van der Waals surface area contributed by atoms with Crippen molar-refractivity contribution in [2.24, 2.45) is 0 Å². The first-order valence-electron chi connectivity index (χ1n) is 7.67. The van der Waals surface area contributed by atoms with Crippen LogP contribution in [0.1, 0.15) is 26.2 Å². The van der Waals surface area contributed by atoms with Crippen molar-refractivity contribution in [1.82, 2.24) is 4.90 Å². The first-order valence-corrected chi connectivity index (χ1v) is 7.67. The van der Waals surface area contributed by atoms with Crippen molar-refractivity contribution < 1.29 is 14.3 Å². The average molecular weight is 292 g/mol. The zero-order valence-electron chi connectivity index (χ0n) is 12.6. The number of carbonyl (C=O) groups is 1. The number of rotatable bonds is 6. The standard InChI is InChI=1S/C16H24N2O3/c1-2-20-15-8-6-14(7-9-15)17-16(19)21-13-12-18-10-4-3-5-11-18/h6-9H,2-5,10-13H2,1H3,(H,17,19). The lowest BCUT2D eigenvalue weighted by atomic mass is 10.1. The molecule has 1 fully saturated rings. The minimum Gasteiger partial charge on any atom is -0.494 e. The number of nitrogens with zero attached hydrogens (tertiary/aromatic N) is 1. The van der Waals surface area contributed by atoms with Gasteiger partial charge in [-0.1, -0.05) is 6.42 Å². The third kappa shape index (κ3) is 5.63. The average Bonchev–Trinajstić information content (AvgIpc) is 2.51. The summed E-state index contributed by atoms with van der Waals surface area (Å²) in [5.41, 5.74) is 0.710. The zero-order chi connectivity index (χ0) is 14.9. The highest BCUT2D eigenvalue weighted by Gasteiger charge is 2.10. The summed E-state index contributed by atoms with van der Waals surface area (Å²) in [6, 6.07) is 7.26. The van der Waals surface area contributed by atoms with Crippen LogP contribution in [0.2, 0.25) is 0 Å². The molecule has 1 aromatic carbocycles. The molecule has 116 valence electrons. The molecule has 1 saturated heterocycles. The van der Waals surface area contributed by atoms with Crippen molar-refractivity contribution in [3.63, 3.8) is 0 Å². The van der Waals surface area contributed by atoms with Crippen molar-refractivity contribution in [2.75, 3.05) is 38.2 Å². The minimum atomic E-state index is -0.406. The Morgan fingerprint density at radius 1 is 1.19 bits per heavy atom. The van der Waals surface area contributed by atoms with Gasteiger partial charge in [-0.2, -0.15) is 0 Å². The van der Waals surface area contributed by atoms with Gasteiger partial charge in [0.25, 0.3) is 0 Å². The van der Waals surface area contributed by atoms with Crippen molar-refractivity contribution in [3.05, 3.63) is 24.3 Å². The molecule has 0 unspecified atom stereocenters. The van der Waals surface area contributed by atoms with E-state index in [0.717, 1.165) is 25.4 Å². The third-order valence-electron chi connectivity index (χ3n) is 3.50. The summed E-state index contributed by atoms with van der Waals surface area (Å²) < 4.78 is 10.6. The van der Waals surface area contributed by atoms with Gasteiger partial charge in [0.05, 0.1) is 6.61 Å². The third-order valence-corrected chi connectivity index (χ3v) is 3.50. The zero-order valence-corrected chi connectivity index (χ0v) is 12.6. The maximum absolute atomic E-state index is 11.7.